The maximum Gasteiger partial charge on any atom is 0.118 e. The van der Waals surface area contributed by atoms with E-state index in [1.807, 2.05) is 0 Å². The Morgan fingerprint density at radius 2 is 1.71 bits per heavy atom. The minimum Gasteiger partial charge on any atom is -0.383 e. The Bertz CT molecular complexity index is 323. The van der Waals surface area contributed by atoms with Crippen molar-refractivity contribution in [1.82, 2.24) is 0 Å². The van der Waals surface area contributed by atoms with E-state index in [1.54, 1.807) is 18.2 Å². The summed E-state index contributed by atoms with van der Waals surface area (Å²) in [4.78, 5) is 0. The zero-order valence-corrected chi connectivity index (χ0v) is 10.1. The van der Waals surface area contributed by atoms with Crippen LogP contribution >= 0.6 is 46.4 Å². The number of benzene rings is 1. The standard InChI is InChI=1S/C9H8Cl4O/c10-4-9(14,5-11)7-2-1-6(12)3-8(7)13/h1-3,14H,4-5H2. The van der Waals surface area contributed by atoms with Crippen LogP contribution in [0, 0.1) is 0 Å². The second-order valence-corrected chi connectivity index (χ2v) is 4.30. The molecule has 0 unspecified atom stereocenters. The highest BCUT2D eigenvalue weighted by Gasteiger charge is 2.29. The fraction of sp³-hybridized carbons (Fsp3) is 0.333. The van der Waals surface area contributed by atoms with Gasteiger partial charge in [0.25, 0.3) is 0 Å². The van der Waals surface area contributed by atoms with Crippen molar-refractivity contribution in [2.24, 2.45) is 0 Å². The summed E-state index contributed by atoms with van der Waals surface area (Å²) in [6.07, 6.45) is 0. The third kappa shape index (κ3) is 2.47. The first-order valence-electron chi connectivity index (χ1n) is 3.83. The van der Waals surface area contributed by atoms with Crippen molar-refractivity contribution >= 4 is 46.4 Å². The Morgan fingerprint density at radius 1 is 1.14 bits per heavy atom. The Hall–Kier alpha value is 0.340. The number of hydrogen-bond acceptors (Lipinski definition) is 1. The fourth-order valence-electron chi connectivity index (χ4n) is 1.05. The summed E-state index contributed by atoms with van der Waals surface area (Å²) in [5.41, 5.74) is -0.807. The molecule has 1 aromatic rings. The van der Waals surface area contributed by atoms with Crippen molar-refractivity contribution < 1.29 is 5.11 Å². The first-order valence-corrected chi connectivity index (χ1v) is 5.66. The third-order valence-electron chi connectivity index (χ3n) is 1.87. The zero-order chi connectivity index (χ0) is 10.8. The first kappa shape index (κ1) is 12.4. The summed E-state index contributed by atoms with van der Waals surface area (Å²) in [5.74, 6) is -0.0320. The average molecular weight is 274 g/mol. The highest BCUT2D eigenvalue weighted by atomic mass is 35.5. The molecule has 0 saturated heterocycles. The largest absolute Gasteiger partial charge is 0.383 e. The molecule has 0 aliphatic rings. The van der Waals surface area contributed by atoms with Crippen molar-refractivity contribution in [1.29, 1.82) is 0 Å². The predicted molar refractivity (Wildman–Crippen MR) is 61.8 cm³/mol. The van der Waals surface area contributed by atoms with E-state index in [0.29, 0.717) is 15.6 Å². The van der Waals surface area contributed by atoms with Gasteiger partial charge in [-0.15, -0.1) is 23.2 Å². The lowest BCUT2D eigenvalue weighted by Crippen LogP contribution is -2.30. The van der Waals surface area contributed by atoms with Crippen molar-refractivity contribution in [2.75, 3.05) is 11.8 Å². The van der Waals surface area contributed by atoms with Gasteiger partial charge in [0, 0.05) is 15.6 Å². The highest BCUT2D eigenvalue weighted by Crippen LogP contribution is 2.32. The lowest BCUT2D eigenvalue weighted by atomic mass is 9.98. The van der Waals surface area contributed by atoms with Crippen LogP contribution in [0.4, 0.5) is 0 Å². The lowest BCUT2D eigenvalue weighted by Gasteiger charge is -2.24. The maximum atomic E-state index is 9.98. The molecule has 0 atom stereocenters. The number of hydrogen-bond donors (Lipinski definition) is 1. The molecule has 1 nitrogen and oxygen atoms in total. The molecule has 14 heavy (non-hydrogen) atoms. The summed E-state index contributed by atoms with van der Waals surface area (Å²) in [6, 6.07) is 4.80. The van der Waals surface area contributed by atoms with Crippen LogP contribution in [0.1, 0.15) is 5.56 Å². The van der Waals surface area contributed by atoms with Gasteiger partial charge in [-0.05, 0) is 12.1 Å². The van der Waals surface area contributed by atoms with Crippen LogP contribution < -0.4 is 0 Å². The van der Waals surface area contributed by atoms with Gasteiger partial charge < -0.3 is 5.11 Å². The highest BCUT2D eigenvalue weighted by molar-refractivity contribution is 6.35. The molecule has 0 bridgehead atoms. The molecule has 0 heterocycles. The number of alkyl halides is 2. The first-order chi connectivity index (χ1) is 6.53. The predicted octanol–water partition coefficient (Wildman–Crippen LogP) is 3.66. The molecule has 0 fully saturated rings. The van der Waals surface area contributed by atoms with Crippen molar-refractivity contribution in [2.45, 2.75) is 5.60 Å². The molecule has 0 amide bonds. The van der Waals surface area contributed by atoms with Crippen molar-refractivity contribution in [3.63, 3.8) is 0 Å². The Labute approximate surface area is 103 Å². The summed E-state index contributed by atoms with van der Waals surface area (Å²) < 4.78 is 0. The van der Waals surface area contributed by atoms with Crippen LogP contribution in [0.2, 0.25) is 10.0 Å². The van der Waals surface area contributed by atoms with E-state index in [4.69, 9.17) is 46.4 Å². The molecule has 5 heteroatoms. The lowest BCUT2D eigenvalue weighted by molar-refractivity contribution is 0.0863. The third-order valence-corrected chi connectivity index (χ3v) is 3.31. The average Bonchev–Trinajstić information content (AvgIpc) is 2.17. The molecule has 0 spiro atoms. The second kappa shape index (κ2) is 4.91. The minimum atomic E-state index is -1.30. The van der Waals surface area contributed by atoms with Crippen LogP contribution in [0.5, 0.6) is 0 Å². The van der Waals surface area contributed by atoms with Gasteiger partial charge in [0.05, 0.1) is 11.8 Å². The monoisotopic (exact) mass is 272 g/mol. The molecule has 0 aromatic heterocycles. The topological polar surface area (TPSA) is 20.2 Å². The fourth-order valence-corrected chi connectivity index (χ4v) is 2.20. The van der Waals surface area contributed by atoms with Gasteiger partial charge in [-0.3, -0.25) is 0 Å². The molecule has 0 aliphatic heterocycles. The molecule has 0 radical (unpaired) electrons. The molecule has 0 aliphatic carbocycles. The van der Waals surface area contributed by atoms with E-state index in [1.165, 1.54) is 0 Å². The van der Waals surface area contributed by atoms with Gasteiger partial charge >= 0.3 is 0 Å². The molecule has 1 aromatic carbocycles. The van der Waals surface area contributed by atoms with Gasteiger partial charge in [0.15, 0.2) is 0 Å². The van der Waals surface area contributed by atoms with Gasteiger partial charge in [-0.1, -0.05) is 29.3 Å². The van der Waals surface area contributed by atoms with Crippen LogP contribution in [-0.2, 0) is 5.60 Å². The van der Waals surface area contributed by atoms with Gasteiger partial charge in [-0.25, -0.2) is 0 Å². The second-order valence-electron chi connectivity index (χ2n) is 2.92. The van der Waals surface area contributed by atoms with Crippen molar-refractivity contribution in [3.05, 3.63) is 33.8 Å². The molecule has 0 saturated carbocycles. The van der Waals surface area contributed by atoms with Crippen LogP contribution in [-0.4, -0.2) is 16.9 Å². The van der Waals surface area contributed by atoms with E-state index in [9.17, 15) is 5.11 Å². The summed E-state index contributed by atoms with van der Waals surface area (Å²) in [7, 11) is 0. The normalized spacial score (nSPS) is 11.8. The summed E-state index contributed by atoms with van der Waals surface area (Å²) in [6.45, 7) is 0. The Kier molecular flexibility index (Phi) is 4.35. The van der Waals surface area contributed by atoms with Crippen LogP contribution in [0.15, 0.2) is 18.2 Å². The molecular weight excluding hydrogens is 266 g/mol. The van der Waals surface area contributed by atoms with E-state index in [0.717, 1.165) is 0 Å². The van der Waals surface area contributed by atoms with E-state index in [-0.39, 0.29) is 11.8 Å². The van der Waals surface area contributed by atoms with Gasteiger partial charge in [-0.2, -0.15) is 0 Å². The molecule has 78 valence electrons. The number of halogens is 4. The summed E-state index contributed by atoms with van der Waals surface area (Å²) >= 11 is 22.9. The molecular formula is C9H8Cl4O. The quantitative estimate of drug-likeness (QED) is 0.834. The molecule has 1 rings (SSSR count). The van der Waals surface area contributed by atoms with Gasteiger partial charge in [0.1, 0.15) is 5.60 Å². The van der Waals surface area contributed by atoms with E-state index in [2.05, 4.69) is 0 Å². The smallest absolute Gasteiger partial charge is 0.118 e. The minimum absolute atomic E-state index is 0.0160. The number of rotatable bonds is 3. The zero-order valence-electron chi connectivity index (χ0n) is 7.11. The molecule has 1 N–H and O–H groups in total. The Morgan fingerprint density at radius 3 is 2.14 bits per heavy atom. The maximum absolute atomic E-state index is 9.98. The SMILES string of the molecule is OC(CCl)(CCl)c1ccc(Cl)cc1Cl. The number of aliphatic hydroxyl groups is 1. The van der Waals surface area contributed by atoms with E-state index < -0.39 is 5.60 Å². The van der Waals surface area contributed by atoms with Crippen molar-refractivity contribution in [3.8, 4) is 0 Å². The Balaban J connectivity index is 3.17. The van der Waals surface area contributed by atoms with Crippen LogP contribution in [0.3, 0.4) is 0 Å². The van der Waals surface area contributed by atoms with Gasteiger partial charge in [0.2, 0.25) is 0 Å². The van der Waals surface area contributed by atoms with E-state index >= 15 is 0 Å². The van der Waals surface area contributed by atoms with Crippen LogP contribution in [0.25, 0.3) is 0 Å². The summed E-state index contributed by atoms with van der Waals surface area (Å²) in [5, 5.41) is 10.8.